The van der Waals surface area contributed by atoms with Gasteiger partial charge in [0.05, 0.1) is 18.9 Å². The van der Waals surface area contributed by atoms with Gasteiger partial charge in [0.1, 0.15) is 11.7 Å². The zero-order valence-electron chi connectivity index (χ0n) is 49.2. The van der Waals surface area contributed by atoms with Gasteiger partial charge in [0.25, 0.3) is 0 Å². The van der Waals surface area contributed by atoms with Crippen LogP contribution in [0.15, 0.2) is 47.5 Å². The molecule has 4 bridgehead atoms. The van der Waals surface area contributed by atoms with Crippen molar-refractivity contribution in [2.45, 2.75) is 203 Å². The quantitative estimate of drug-likeness (QED) is 0.119. The Morgan fingerprint density at radius 2 is 1.79 bits per heavy atom. The molecule has 7 aliphatic carbocycles. The van der Waals surface area contributed by atoms with E-state index in [0.29, 0.717) is 90.9 Å². The Morgan fingerprint density at radius 3 is 2.60 bits per heavy atom. The van der Waals surface area contributed by atoms with Gasteiger partial charge in [-0.1, -0.05) is 82.3 Å². The van der Waals surface area contributed by atoms with E-state index < -0.39 is 16.8 Å². The number of ether oxygens (including phenoxy) is 4. The van der Waals surface area contributed by atoms with Gasteiger partial charge < -0.3 is 44.9 Å². The molecule has 0 radical (unpaired) electrons. The normalized spacial score (nSPS) is 38.9. The van der Waals surface area contributed by atoms with Gasteiger partial charge in [-0.3, -0.25) is 15.1 Å². The minimum absolute atomic E-state index is 0.00967. The van der Waals surface area contributed by atoms with Gasteiger partial charge >= 0.3 is 0 Å². The Labute approximate surface area is 483 Å². The molecule has 12 nitrogen and oxygen atoms in total. The number of carbonyl (C=O) groups excluding carboxylic acids is 1. The average Bonchev–Trinajstić information content (AvgIpc) is 4.46. The number of carbonyl (C=O) groups is 1. The lowest BCUT2D eigenvalue weighted by atomic mass is 9.45. The summed E-state index contributed by atoms with van der Waals surface area (Å²) in [5.41, 5.74) is 0.843. The van der Waals surface area contributed by atoms with Gasteiger partial charge in [0.2, 0.25) is 11.7 Å². The van der Waals surface area contributed by atoms with Crippen molar-refractivity contribution in [3.05, 3.63) is 53.6 Å². The third-order valence-corrected chi connectivity index (χ3v) is 23.6. The van der Waals surface area contributed by atoms with Gasteiger partial charge in [-0.25, -0.2) is 0 Å². The van der Waals surface area contributed by atoms with Crippen LogP contribution in [0.25, 0.3) is 0 Å². The van der Waals surface area contributed by atoms with Crippen LogP contribution in [0.4, 0.5) is 5.69 Å². The molecule has 8 fully saturated rings. The minimum Gasteiger partial charge on any atom is -0.504 e. The number of methoxy groups -OCH3 is 1. The molecule has 7 saturated carbocycles. The van der Waals surface area contributed by atoms with E-state index in [4.69, 9.17) is 23.9 Å². The Bertz CT molecular complexity index is 2820. The van der Waals surface area contributed by atoms with E-state index in [2.05, 4.69) is 65.1 Å². The number of anilines is 1. The highest BCUT2D eigenvalue weighted by molar-refractivity contribution is 5.97. The third-order valence-electron chi connectivity index (χ3n) is 23.6. The van der Waals surface area contributed by atoms with Crippen molar-refractivity contribution >= 4 is 17.4 Å². The first-order chi connectivity index (χ1) is 39.4. The maximum absolute atomic E-state index is 15.9. The lowest BCUT2D eigenvalue weighted by molar-refractivity contribution is -0.272. The molecule has 3 heterocycles. The first-order valence-corrected chi connectivity index (χ1v) is 32.2. The van der Waals surface area contributed by atoms with E-state index >= 15 is 4.79 Å². The number of phenols is 1. The summed E-state index contributed by atoms with van der Waals surface area (Å²) >= 11 is 0. The first-order valence-electron chi connectivity index (χ1n) is 32.2. The van der Waals surface area contributed by atoms with E-state index in [0.717, 1.165) is 127 Å². The second-order valence-corrected chi connectivity index (χ2v) is 27.5. The van der Waals surface area contributed by atoms with E-state index in [-0.39, 0.29) is 58.7 Å². The van der Waals surface area contributed by atoms with E-state index in [1.165, 1.54) is 37.7 Å². The van der Waals surface area contributed by atoms with Crippen LogP contribution in [0.5, 0.6) is 23.0 Å². The average molecular weight is 1110 g/mol. The minimum atomic E-state index is -1.18. The molecule has 2 spiro atoms. The van der Waals surface area contributed by atoms with Crippen molar-refractivity contribution < 1.29 is 39.1 Å². The van der Waals surface area contributed by atoms with E-state index in [1.54, 1.807) is 20.2 Å². The first kappa shape index (κ1) is 56.7. The molecule has 2 aromatic rings. The summed E-state index contributed by atoms with van der Waals surface area (Å²) < 4.78 is 27.4. The summed E-state index contributed by atoms with van der Waals surface area (Å²) in [5, 5.41) is 44.7. The number of fused-ring (bicyclic) bond motifs is 11. The van der Waals surface area contributed by atoms with Gasteiger partial charge in [-0.2, -0.15) is 0 Å². The molecule has 10 aliphatic rings. The Hall–Kier alpha value is -4.72. The summed E-state index contributed by atoms with van der Waals surface area (Å²) in [4.78, 5) is 20.7. The van der Waals surface area contributed by atoms with Crippen LogP contribution in [0, 0.1) is 94.0 Å². The number of phenolic OH excluding ortho intramolecular Hbond substituents is 1. The summed E-state index contributed by atoms with van der Waals surface area (Å²) in [5.74, 6) is 11.5. The van der Waals surface area contributed by atoms with Crippen molar-refractivity contribution in [3.63, 3.8) is 0 Å². The SMILES string of the molecule is CCC1CCC2C(C1)C1C=CC(=O)C3(Cc4ccc(O)c(OC)c4)CCCC3CC#CNC(=NC)Nc3cc(cc4c3OC#CC3(CCCCC3)C3CC(CNC)(CC3CC3(O)CCC5CCCC5O3)O4)C13CCCC3C2CCCO. The highest BCUT2D eigenvalue weighted by atomic mass is 16.6. The van der Waals surface area contributed by atoms with Crippen molar-refractivity contribution in [3.8, 4) is 47.0 Å². The number of hydrogen-bond acceptors (Lipinski definition) is 10. The number of aliphatic hydroxyl groups excluding tert-OH is 1. The summed E-state index contributed by atoms with van der Waals surface area (Å²) in [6, 6.07) is 13.5. The maximum Gasteiger partial charge on any atom is 0.207 e. The number of hydrogen-bond donors (Lipinski definition) is 6. The number of likely N-dealkylation sites (N-methyl/N-ethyl adjacent to an activating group) is 1. The predicted octanol–water partition coefficient (Wildman–Crippen LogP) is 12.1. The molecule has 2 aromatic carbocycles. The monoisotopic (exact) mass is 1110 g/mol. The van der Waals surface area contributed by atoms with Crippen LogP contribution in [0.2, 0.25) is 0 Å². The highest BCUT2D eigenvalue weighted by Gasteiger charge is 2.62. The lowest BCUT2D eigenvalue weighted by Gasteiger charge is -2.59. The van der Waals surface area contributed by atoms with Crippen molar-refractivity contribution in [1.82, 2.24) is 10.6 Å². The van der Waals surface area contributed by atoms with Gasteiger partial charge in [-0.05, 0) is 210 Å². The molecule has 15 atom stereocenters. The smallest absolute Gasteiger partial charge is 0.207 e. The predicted molar refractivity (Wildman–Crippen MR) is 317 cm³/mol. The summed E-state index contributed by atoms with van der Waals surface area (Å²) in [6.45, 7) is 3.15. The fraction of sp³-hybridized carbons (Fsp3) is 0.710. The van der Waals surface area contributed by atoms with Crippen LogP contribution in [-0.2, 0) is 21.4 Å². The van der Waals surface area contributed by atoms with E-state index in [9.17, 15) is 15.3 Å². The number of nitrogens with one attached hydrogen (secondary N) is 3. The molecule has 12 heteroatoms. The second kappa shape index (κ2) is 23.4. The van der Waals surface area contributed by atoms with Crippen LogP contribution in [0.1, 0.15) is 185 Å². The topological polar surface area (TPSA) is 163 Å². The molecule has 438 valence electrons. The molecule has 15 unspecified atom stereocenters. The molecule has 6 N–H and O–H groups in total. The number of rotatable bonds is 11. The second-order valence-electron chi connectivity index (χ2n) is 27.5. The number of aromatic hydroxyl groups is 1. The van der Waals surface area contributed by atoms with Gasteiger partial charge in [-0.15, -0.1) is 0 Å². The fourth-order valence-corrected chi connectivity index (χ4v) is 20.0. The van der Waals surface area contributed by atoms with Crippen molar-refractivity contribution in [2.75, 3.05) is 39.7 Å². The van der Waals surface area contributed by atoms with Crippen LogP contribution < -0.4 is 30.2 Å². The maximum atomic E-state index is 15.9. The van der Waals surface area contributed by atoms with Crippen molar-refractivity contribution in [1.29, 1.82) is 0 Å². The molecule has 12 rings (SSSR count). The van der Waals surface area contributed by atoms with Crippen LogP contribution in [0.3, 0.4) is 0 Å². The van der Waals surface area contributed by atoms with Crippen LogP contribution in [-0.4, -0.2) is 78.9 Å². The number of nitrogens with zero attached hydrogens (tertiary/aromatic N) is 1. The molecule has 0 aromatic heterocycles. The van der Waals surface area contributed by atoms with E-state index in [1.807, 2.05) is 25.3 Å². The highest BCUT2D eigenvalue weighted by Crippen LogP contribution is 2.68. The number of allylic oxidation sites excluding steroid dienone is 2. The van der Waals surface area contributed by atoms with Crippen LogP contribution >= 0.6 is 0 Å². The Balaban J connectivity index is 1.03. The van der Waals surface area contributed by atoms with Gasteiger partial charge in [0, 0.05) is 61.8 Å². The molecule has 0 amide bonds. The zero-order chi connectivity index (χ0) is 56.0. The largest absolute Gasteiger partial charge is 0.504 e. The summed E-state index contributed by atoms with van der Waals surface area (Å²) in [6.07, 6.45) is 33.7. The Kier molecular flexibility index (Phi) is 16.4. The van der Waals surface area contributed by atoms with Crippen molar-refractivity contribution in [2.24, 2.45) is 75.0 Å². The number of benzene rings is 2. The lowest BCUT2D eigenvalue weighted by Crippen LogP contribution is -2.55. The molecule has 1 saturated heterocycles. The Morgan fingerprint density at radius 1 is 0.926 bits per heavy atom. The third kappa shape index (κ3) is 10.5. The fourth-order valence-electron chi connectivity index (χ4n) is 20.0. The number of aliphatic imine (C=N–C) groups is 1. The molecular formula is C69H94N4O8. The number of ketones is 1. The molecule has 3 aliphatic heterocycles. The number of aliphatic hydroxyl groups is 2. The standard InChI is InChI=1S/C69H94N4O8/c1-5-45-20-22-51-52(17-13-34-74)54-18-11-30-69(54)50-38-57(73-64(71-3)72-33-12-16-49-15-10-29-67(49,62(76)25-23-55(69)53(51)36-45)40-46-21-24-58(75)60(37-46)78-4)63-61(39-50)80-66(44-70-2)41-48(42-68(77)31-26-47-14-9-19-59(47)81-68)56(43-66)65(32-35-79-63)27-7-6-8-28-65/h21,23-25,37-39,45,47-49,51-56,59,70,74-75,77H,5-11,13-20,22,26-31,34,36,40-44H2,1-4H3,(H2,71,72,73). The summed E-state index contributed by atoms with van der Waals surface area (Å²) in [7, 11) is 5.39. The number of guanidine groups is 1. The molecule has 81 heavy (non-hydrogen) atoms. The molecular weight excluding hydrogens is 1010 g/mol. The van der Waals surface area contributed by atoms with Gasteiger partial charge in [0.15, 0.2) is 28.8 Å². The zero-order valence-corrected chi connectivity index (χ0v) is 49.2.